The van der Waals surface area contributed by atoms with Crippen LogP contribution in [-0.4, -0.2) is 49.1 Å². The number of esters is 2. The maximum absolute atomic E-state index is 15.4. The zero-order chi connectivity index (χ0) is 30.3. The van der Waals surface area contributed by atoms with Gasteiger partial charge in [0, 0.05) is 29.6 Å². The van der Waals surface area contributed by atoms with E-state index >= 15 is 4.39 Å². The lowest BCUT2D eigenvalue weighted by Gasteiger charge is -2.31. The van der Waals surface area contributed by atoms with Gasteiger partial charge in [-0.1, -0.05) is 56.3 Å². The Labute approximate surface area is 240 Å². The number of nitrogens with one attached hydrogen (secondary N) is 1. The molecular formula is C31H38FN3O6. The number of allylic oxidation sites excluding steroid dienone is 2. The number of hydrogen-bond donors (Lipinski definition) is 1. The second-order valence-electron chi connectivity index (χ2n) is 11.1. The molecule has 0 radical (unpaired) electrons. The zero-order valence-electron chi connectivity index (χ0n) is 24.5. The van der Waals surface area contributed by atoms with Crippen LogP contribution < -0.4 is 5.32 Å². The van der Waals surface area contributed by atoms with Gasteiger partial charge in [-0.05, 0) is 51.3 Å². The number of carbonyl (C=O) groups is 2. The van der Waals surface area contributed by atoms with E-state index in [0.717, 1.165) is 25.6 Å². The first-order chi connectivity index (χ1) is 19.4. The third kappa shape index (κ3) is 7.79. The van der Waals surface area contributed by atoms with Crippen molar-refractivity contribution in [1.82, 2.24) is 10.2 Å². The molecule has 220 valence electrons. The number of ether oxygens (including phenoxy) is 2. The van der Waals surface area contributed by atoms with Gasteiger partial charge in [0.05, 0.1) is 35.7 Å². The second kappa shape index (κ2) is 13.5. The number of nitrogens with zero attached hydrogens (tertiary/aromatic N) is 2. The molecule has 10 heteroatoms. The van der Waals surface area contributed by atoms with Gasteiger partial charge in [0.2, 0.25) is 5.82 Å². The van der Waals surface area contributed by atoms with Crippen molar-refractivity contribution in [2.75, 3.05) is 27.3 Å². The smallest absolute Gasteiger partial charge is 0.336 e. The quantitative estimate of drug-likeness (QED) is 0.200. The molecule has 0 amide bonds. The Morgan fingerprint density at radius 1 is 1.02 bits per heavy atom. The molecule has 41 heavy (non-hydrogen) atoms. The van der Waals surface area contributed by atoms with Crippen LogP contribution in [0.15, 0.2) is 71.1 Å². The number of halogens is 1. The molecule has 0 aromatic heterocycles. The summed E-state index contributed by atoms with van der Waals surface area (Å²) in [6, 6.07) is 13.9. The molecule has 9 nitrogen and oxygen atoms in total. The molecule has 1 aliphatic heterocycles. The minimum atomic E-state index is -1.25. The molecule has 1 aliphatic rings. The van der Waals surface area contributed by atoms with Crippen LogP contribution in [0, 0.1) is 21.3 Å². The molecule has 0 aliphatic carbocycles. The zero-order valence-corrected chi connectivity index (χ0v) is 24.5. The van der Waals surface area contributed by atoms with Crippen molar-refractivity contribution in [3.8, 4) is 0 Å². The fourth-order valence-corrected chi connectivity index (χ4v) is 4.95. The van der Waals surface area contributed by atoms with E-state index in [2.05, 4.69) is 43.2 Å². The maximum atomic E-state index is 15.4. The number of dihydropyridines is 1. The first-order valence-electron chi connectivity index (χ1n) is 13.5. The Hall–Kier alpha value is -4.05. The lowest BCUT2D eigenvalue weighted by molar-refractivity contribution is -0.387. The molecule has 2 aromatic rings. The summed E-state index contributed by atoms with van der Waals surface area (Å²) in [6.07, 6.45) is 1.44. The van der Waals surface area contributed by atoms with Crippen LogP contribution in [0.5, 0.6) is 0 Å². The molecule has 1 heterocycles. The predicted molar refractivity (Wildman–Crippen MR) is 153 cm³/mol. The highest BCUT2D eigenvalue weighted by molar-refractivity contribution is 6.00. The van der Waals surface area contributed by atoms with Crippen LogP contribution >= 0.6 is 0 Å². The summed E-state index contributed by atoms with van der Waals surface area (Å²) in [5.74, 6) is -3.91. The molecule has 1 atom stereocenters. The predicted octanol–water partition coefficient (Wildman–Crippen LogP) is 5.62. The number of benzene rings is 2. The van der Waals surface area contributed by atoms with Gasteiger partial charge < -0.3 is 19.7 Å². The van der Waals surface area contributed by atoms with E-state index in [9.17, 15) is 19.7 Å². The molecule has 0 spiro atoms. The van der Waals surface area contributed by atoms with Gasteiger partial charge in [0.1, 0.15) is 0 Å². The lowest BCUT2D eigenvalue weighted by Crippen LogP contribution is -2.33. The molecule has 0 fully saturated rings. The Morgan fingerprint density at radius 3 is 2.27 bits per heavy atom. The molecular weight excluding hydrogens is 529 g/mol. The van der Waals surface area contributed by atoms with E-state index in [0.29, 0.717) is 17.8 Å². The number of methoxy groups -OCH3 is 1. The van der Waals surface area contributed by atoms with Crippen molar-refractivity contribution in [3.05, 3.63) is 98.1 Å². The van der Waals surface area contributed by atoms with E-state index in [1.807, 2.05) is 18.2 Å². The Balaban J connectivity index is 1.76. The summed E-state index contributed by atoms with van der Waals surface area (Å²) in [5.41, 5.74) is 0.832. The molecule has 0 saturated heterocycles. The topological polar surface area (TPSA) is 111 Å². The van der Waals surface area contributed by atoms with Gasteiger partial charge in [-0.2, -0.15) is 4.39 Å². The van der Waals surface area contributed by atoms with Crippen LogP contribution in [0.25, 0.3) is 0 Å². The number of carbonyl (C=O) groups excluding carboxylic acids is 2. The van der Waals surface area contributed by atoms with E-state index in [-0.39, 0.29) is 28.7 Å². The summed E-state index contributed by atoms with van der Waals surface area (Å²) in [4.78, 5) is 39.1. The number of hydrogen-bond acceptors (Lipinski definition) is 8. The van der Waals surface area contributed by atoms with Gasteiger partial charge in [-0.15, -0.1) is 0 Å². The summed E-state index contributed by atoms with van der Waals surface area (Å²) >= 11 is 0. The average molecular weight is 568 g/mol. The van der Waals surface area contributed by atoms with E-state index in [4.69, 9.17) is 9.47 Å². The third-order valence-corrected chi connectivity index (χ3v) is 7.38. The van der Waals surface area contributed by atoms with Crippen molar-refractivity contribution < 1.29 is 28.4 Å². The largest absolute Gasteiger partial charge is 0.466 e. The highest BCUT2D eigenvalue weighted by Gasteiger charge is 2.40. The Morgan fingerprint density at radius 2 is 1.66 bits per heavy atom. The van der Waals surface area contributed by atoms with Crippen LogP contribution in [0.4, 0.5) is 10.1 Å². The normalized spacial score (nSPS) is 15.6. The fraction of sp³-hybridized carbons (Fsp3) is 0.419. The van der Waals surface area contributed by atoms with Gasteiger partial charge in [0.25, 0.3) is 0 Å². The summed E-state index contributed by atoms with van der Waals surface area (Å²) in [7, 11) is 3.24. The first-order valence-corrected chi connectivity index (χ1v) is 13.5. The molecule has 3 rings (SSSR count). The van der Waals surface area contributed by atoms with E-state index < -0.39 is 34.3 Å². The first kappa shape index (κ1) is 31.5. The monoisotopic (exact) mass is 567 g/mol. The van der Waals surface area contributed by atoms with Crippen molar-refractivity contribution >= 4 is 17.6 Å². The van der Waals surface area contributed by atoms with Crippen LogP contribution in [-0.2, 0) is 25.6 Å². The lowest BCUT2D eigenvalue weighted by atomic mass is 9.80. The number of rotatable bonds is 12. The molecule has 0 bridgehead atoms. The maximum Gasteiger partial charge on any atom is 0.336 e. The SMILES string of the molecule is COC(=O)C1=C(C)NC(C)=C(C(=O)OCCC(C)(C)CCN(C)Cc2ccccc2)C1c1cccc([N+](=O)[O-])c1F. The fourth-order valence-electron chi connectivity index (χ4n) is 4.95. The molecule has 0 saturated carbocycles. The second-order valence-corrected chi connectivity index (χ2v) is 11.1. The minimum absolute atomic E-state index is 0.00389. The van der Waals surface area contributed by atoms with Gasteiger partial charge >= 0.3 is 17.6 Å². The summed E-state index contributed by atoms with van der Waals surface area (Å²) in [6.45, 7) is 9.20. The van der Waals surface area contributed by atoms with Crippen LogP contribution in [0.3, 0.4) is 0 Å². The van der Waals surface area contributed by atoms with Crippen molar-refractivity contribution in [3.63, 3.8) is 0 Å². The number of nitro benzene ring substituents is 1. The standard InChI is InChI=1S/C31H38FN3O6/c1-20-25(29(36)40-6)27(23-13-10-14-24(28(23)32)35(38)39)26(21(2)33-20)30(37)41-18-16-31(3,4)15-17-34(5)19-22-11-8-7-9-12-22/h7-14,27,33H,15-19H2,1-6H3. The Bertz CT molecular complexity index is 1350. The average Bonchev–Trinajstić information content (AvgIpc) is 2.91. The Kier molecular flexibility index (Phi) is 10.4. The molecule has 2 aromatic carbocycles. The third-order valence-electron chi connectivity index (χ3n) is 7.38. The molecule has 1 N–H and O–H groups in total. The van der Waals surface area contributed by atoms with Crippen LogP contribution in [0.1, 0.15) is 57.6 Å². The summed E-state index contributed by atoms with van der Waals surface area (Å²) in [5, 5.41) is 14.4. The minimum Gasteiger partial charge on any atom is -0.466 e. The highest BCUT2D eigenvalue weighted by Crippen LogP contribution is 2.41. The van der Waals surface area contributed by atoms with Crippen molar-refractivity contribution in [1.29, 1.82) is 0 Å². The van der Waals surface area contributed by atoms with Gasteiger partial charge in [-0.25, -0.2) is 9.59 Å². The van der Waals surface area contributed by atoms with E-state index in [1.165, 1.54) is 24.8 Å². The van der Waals surface area contributed by atoms with Crippen LogP contribution in [0.2, 0.25) is 0 Å². The molecule has 1 unspecified atom stereocenters. The highest BCUT2D eigenvalue weighted by atomic mass is 19.1. The van der Waals surface area contributed by atoms with Crippen molar-refractivity contribution in [2.24, 2.45) is 5.41 Å². The van der Waals surface area contributed by atoms with E-state index in [1.54, 1.807) is 13.8 Å². The van der Waals surface area contributed by atoms with Gasteiger partial charge in [-0.3, -0.25) is 10.1 Å². The van der Waals surface area contributed by atoms with Gasteiger partial charge in [0.15, 0.2) is 0 Å². The number of nitro groups is 1. The van der Waals surface area contributed by atoms with Crippen molar-refractivity contribution in [2.45, 2.75) is 53.0 Å². The summed E-state index contributed by atoms with van der Waals surface area (Å²) < 4.78 is 26.0.